The van der Waals surface area contributed by atoms with Crippen molar-refractivity contribution in [1.29, 1.82) is 0 Å². The minimum atomic E-state index is 0.498. The Kier molecular flexibility index (Phi) is 4.86. The molecule has 0 radical (unpaired) electrons. The molecule has 0 spiro atoms. The second-order valence-electron chi connectivity index (χ2n) is 5.34. The normalized spacial score (nSPS) is 19.0. The molecule has 18 heavy (non-hydrogen) atoms. The first kappa shape index (κ1) is 13.2. The molecule has 0 bridgehead atoms. The molecule has 0 N–H and O–H groups in total. The molecule has 0 aromatic heterocycles. The van der Waals surface area contributed by atoms with E-state index in [9.17, 15) is 0 Å². The molecule has 1 aliphatic carbocycles. The van der Waals surface area contributed by atoms with Crippen molar-refractivity contribution in [3.8, 4) is 5.75 Å². The third-order valence-electron chi connectivity index (χ3n) is 3.96. The van der Waals surface area contributed by atoms with Crippen molar-refractivity contribution >= 4 is 0 Å². The first-order chi connectivity index (χ1) is 8.79. The van der Waals surface area contributed by atoms with Gasteiger partial charge >= 0.3 is 0 Å². The average Bonchev–Trinajstić information content (AvgIpc) is 2.46. The van der Waals surface area contributed by atoms with E-state index in [1.165, 1.54) is 37.7 Å². The summed E-state index contributed by atoms with van der Waals surface area (Å²) in [4.78, 5) is 0. The zero-order valence-electron chi connectivity index (χ0n) is 11.6. The molecular weight excluding hydrogens is 220 g/mol. The summed E-state index contributed by atoms with van der Waals surface area (Å²) in [7, 11) is 1.71. The van der Waals surface area contributed by atoms with Crippen molar-refractivity contribution in [3.63, 3.8) is 0 Å². The van der Waals surface area contributed by atoms with E-state index in [-0.39, 0.29) is 0 Å². The van der Waals surface area contributed by atoms with Crippen molar-refractivity contribution < 1.29 is 4.74 Å². The average molecular weight is 244 g/mol. The van der Waals surface area contributed by atoms with Crippen LogP contribution in [0.3, 0.4) is 0 Å². The Morgan fingerprint density at radius 3 is 2.39 bits per heavy atom. The first-order valence-electron chi connectivity index (χ1n) is 7.12. The third kappa shape index (κ3) is 3.63. The molecule has 1 fully saturated rings. The van der Waals surface area contributed by atoms with Crippen molar-refractivity contribution in [2.45, 2.75) is 44.9 Å². The van der Waals surface area contributed by atoms with Crippen molar-refractivity contribution in [2.75, 3.05) is 7.11 Å². The number of hydrogen-bond donors (Lipinski definition) is 0. The smallest absolute Gasteiger partial charge is 0.118 e. The summed E-state index contributed by atoms with van der Waals surface area (Å²) in [5.74, 6) is 2.25. The summed E-state index contributed by atoms with van der Waals surface area (Å²) in [5.41, 5.74) is 1.36. The van der Waals surface area contributed by atoms with E-state index in [0.29, 0.717) is 5.92 Å². The van der Waals surface area contributed by atoms with Crippen LogP contribution in [0.4, 0.5) is 0 Å². The Labute approximate surface area is 111 Å². The second-order valence-corrected chi connectivity index (χ2v) is 5.34. The van der Waals surface area contributed by atoms with Crippen LogP contribution in [0.15, 0.2) is 36.4 Å². The maximum Gasteiger partial charge on any atom is 0.118 e. The molecule has 1 aromatic rings. The van der Waals surface area contributed by atoms with Gasteiger partial charge in [-0.05, 0) is 42.4 Å². The van der Waals surface area contributed by atoms with E-state index in [4.69, 9.17) is 4.74 Å². The highest BCUT2D eigenvalue weighted by Gasteiger charge is 2.10. The van der Waals surface area contributed by atoms with Gasteiger partial charge in [0.2, 0.25) is 0 Å². The van der Waals surface area contributed by atoms with Crippen LogP contribution in [-0.2, 0) is 0 Å². The van der Waals surface area contributed by atoms with Gasteiger partial charge in [0.1, 0.15) is 5.75 Å². The lowest BCUT2D eigenvalue weighted by Gasteiger charge is -2.18. The van der Waals surface area contributed by atoms with Gasteiger partial charge in [0.05, 0.1) is 7.11 Å². The predicted octanol–water partition coefficient (Wildman–Crippen LogP) is 4.94. The van der Waals surface area contributed by atoms with Crippen LogP contribution in [0.5, 0.6) is 5.75 Å². The second kappa shape index (κ2) is 6.63. The van der Waals surface area contributed by atoms with Gasteiger partial charge in [0.25, 0.3) is 0 Å². The minimum Gasteiger partial charge on any atom is -0.497 e. The van der Waals surface area contributed by atoms with E-state index in [2.05, 4.69) is 31.2 Å². The molecule has 1 heteroatoms. The summed E-state index contributed by atoms with van der Waals surface area (Å²) in [6.45, 7) is 2.27. The number of benzene rings is 1. The standard InChI is InChI=1S/C17H24O/c1-14(8-9-15-6-4-3-5-7-15)16-10-12-17(18-2)13-11-16/h8-15H,3-7H2,1-2H3/b9-8+/t14-/m1/s1. The van der Waals surface area contributed by atoms with Crippen molar-refractivity contribution in [2.24, 2.45) is 5.92 Å². The monoisotopic (exact) mass is 244 g/mol. The van der Waals surface area contributed by atoms with Crippen LogP contribution in [-0.4, -0.2) is 7.11 Å². The highest BCUT2D eigenvalue weighted by molar-refractivity contribution is 5.31. The lowest BCUT2D eigenvalue weighted by Crippen LogP contribution is -2.03. The number of ether oxygens (including phenoxy) is 1. The van der Waals surface area contributed by atoms with E-state index in [1.807, 2.05) is 12.1 Å². The summed E-state index contributed by atoms with van der Waals surface area (Å²) >= 11 is 0. The van der Waals surface area contributed by atoms with Gasteiger partial charge in [-0.3, -0.25) is 0 Å². The molecular formula is C17H24O. The SMILES string of the molecule is COc1ccc([C@H](C)/C=C/C2CCCCC2)cc1. The Bertz CT molecular complexity index is 371. The molecule has 1 aromatic carbocycles. The highest BCUT2D eigenvalue weighted by Crippen LogP contribution is 2.26. The molecule has 1 aliphatic rings. The maximum atomic E-state index is 5.19. The zero-order valence-corrected chi connectivity index (χ0v) is 11.6. The van der Waals surface area contributed by atoms with Crippen molar-refractivity contribution in [1.82, 2.24) is 0 Å². The van der Waals surface area contributed by atoms with E-state index >= 15 is 0 Å². The summed E-state index contributed by atoms with van der Waals surface area (Å²) in [5, 5.41) is 0. The fourth-order valence-electron chi connectivity index (χ4n) is 2.67. The lowest BCUT2D eigenvalue weighted by molar-refractivity contribution is 0.414. The van der Waals surface area contributed by atoms with Gasteiger partial charge in [-0.15, -0.1) is 0 Å². The Morgan fingerprint density at radius 1 is 1.11 bits per heavy atom. The topological polar surface area (TPSA) is 9.23 Å². The van der Waals surface area contributed by atoms with Crippen LogP contribution in [0, 0.1) is 5.92 Å². The van der Waals surface area contributed by atoms with Crippen molar-refractivity contribution in [3.05, 3.63) is 42.0 Å². The molecule has 0 unspecified atom stereocenters. The molecule has 0 aliphatic heterocycles. The molecule has 0 amide bonds. The molecule has 1 atom stereocenters. The van der Waals surface area contributed by atoms with Gasteiger partial charge in [0, 0.05) is 0 Å². The Morgan fingerprint density at radius 2 is 1.78 bits per heavy atom. The predicted molar refractivity (Wildman–Crippen MR) is 77.1 cm³/mol. The lowest BCUT2D eigenvalue weighted by atomic mass is 9.88. The third-order valence-corrected chi connectivity index (χ3v) is 3.96. The van der Waals surface area contributed by atoms with Crippen LogP contribution < -0.4 is 4.74 Å². The number of methoxy groups -OCH3 is 1. The van der Waals surface area contributed by atoms with Gasteiger partial charge in [-0.25, -0.2) is 0 Å². The summed E-state index contributed by atoms with van der Waals surface area (Å²) in [6.07, 6.45) is 11.8. The van der Waals surface area contributed by atoms with E-state index in [0.717, 1.165) is 11.7 Å². The molecule has 1 saturated carbocycles. The van der Waals surface area contributed by atoms with Crippen LogP contribution in [0.1, 0.15) is 50.5 Å². The zero-order chi connectivity index (χ0) is 12.8. The number of rotatable bonds is 4. The van der Waals surface area contributed by atoms with Gasteiger partial charge in [0.15, 0.2) is 0 Å². The molecule has 0 heterocycles. The van der Waals surface area contributed by atoms with E-state index in [1.54, 1.807) is 7.11 Å². The first-order valence-corrected chi connectivity index (χ1v) is 7.12. The maximum absolute atomic E-state index is 5.19. The Hall–Kier alpha value is -1.24. The van der Waals surface area contributed by atoms with Gasteiger partial charge in [-0.1, -0.05) is 50.5 Å². The molecule has 0 saturated heterocycles. The quantitative estimate of drug-likeness (QED) is 0.682. The fraction of sp³-hybridized carbons (Fsp3) is 0.529. The molecule has 2 rings (SSSR count). The fourth-order valence-corrected chi connectivity index (χ4v) is 2.67. The summed E-state index contributed by atoms with van der Waals surface area (Å²) in [6, 6.07) is 8.41. The van der Waals surface area contributed by atoms with Gasteiger partial charge < -0.3 is 4.74 Å². The van der Waals surface area contributed by atoms with Crippen LogP contribution in [0.2, 0.25) is 0 Å². The molecule has 98 valence electrons. The minimum absolute atomic E-state index is 0.498. The van der Waals surface area contributed by atoms with Crippen LogP contribution in [0.25, 0.3) is 0 Å². The largest absolute Gasteiger partial charge is 0.497 e. The number of allylic oxidation sites excluding steroid dienone is 2. The van der Waals surface area contributed by atoms with Crippen LogP contribution >= 0.6 is 0 Å². The van der Waals surface area contributed by atoms with Gasteiger partial charge in [-0.2, -0.15) is 0 Å². The number of hydrogen-bond acceptors (Lipinski definition) is 1. The molecule has 1 nitrogen and oxygen atoms in total. The summed E-state index contributed by atoms with van der Waals surface area (Å²) < 4.78 is 5.19. The Balaban J connectivity index is 1.93. The van der Waals surface area contributed by atoms with E-state index < -0.39 is 0 Å². The highest BCUT2D eigenvalue weighted by atomic mass is 16.5.